The van der Waals surface area contributed by atoms with Crippen molar-refractivity contribution in [3.63, 3.8) is 0 Å². The molecule has 0 bridgehead atoms. The van der Waals surface area contributed by atoms with Gasteiger partial charge < -0.3 is 30.4 Å². The van der Waals surface area contributed by atoms with Crippen molar-refractivity contribution < 1.29 is 32.9 Å². The number of nitro benzene ring substituents is 1. The van der Waals surface area contributed by atoms with Crippen molar-refractivity contribution in [3.8, 4) is 5.75 Å². The van der Waals surface area contributed by atoms with Crippen molar-refractivity contribution in [3.05, 3.63) is 79.9 Å². The van der Waals surface area contributed by atoms with Crippen LogP contribution in [0.5, 0.6) is 5.75 Å². The number of rotatable bonds is 16. The fourth-order valence-electron chi connectivity index (χ4n) is 4.74. The maximum absolute atomic E-state index is 13.2. The Morgan fingerprint density at radius 3 is 2.48 bits per heavy atom. The van der Waals surface area contributed by atoms with Gasteiger partial charge in [-0.3, -0.25) is 29.1 Å². The van der Waals surface area contributed by atoms with E-state index in [-0.39, 0.29) is 63.5 Å². The minimum Gasteiger partial charge on any atom is -0.491 e. The number of amides is 3. The quantitative estimate of drug-likeness (QED) is 0.0439. The molecular weight excluding hydrogens is 709 g/mol. The van der Waals surface area contributed by atoms with E-state index in [4.69, 9.17) is 25.0 Å². The van der Waals surface area contributed by atoms with Crippen LogP contribution in [0.15, 0.2) is 46.0 Å². The Bertz CT molecular complexity index is 2090. The second-order valence-electron chi connectivity index (χ2n) is 13.3. The number of primary amides is 2. The number of oxazole rings is 1. The van der Waals surface area contributed by atoms with Crippen LogP contribution in [0.4, 0.5) is 11.4 Å². The van der Waals surface area contributed by atoms with E-state index in [1.165, 1.54) is 12.3 Å². The number of fused-ring (bicyclic) bond motifs is 1. The number of ether oxygens (including phenoxy) is 1. The van der Waals surface area contributed by atoms with Gasteiger partial charge in [0, 0.05) is 50.9 Å². The molecule has 0 radical (unpaired) electrons. The van der Waals surface area contributed by atoms with Crippen LogP contribution in [0.3, 0.4) is 0 Å². The second kappa shape index (κ2) is 16.4. The molecule has 0 spiro atoms. The topological polar surface area (TPSA) is 233 Å². The number of allylic oxidation sites excluding steroid dienone is 1. The number of benzene rings is 1. The smallest absolute Gasteiger partial charge is 0.317 e. The highest BCUT2D eigenvalue weighted by molar-refractivity contribution is 7.16. The maximum atomic E-state index is 13.2. The first kappa shape index (κ1) is 39.6. The van der Waals surface area contributed by atoms with E-state index in [1.54, 1.807) is 29.7 Å². The lowest BCUT2D eigenvalue weighted by Crippen LogP contribution is -2.41. The summed E-state index contributed by atoms with van der Waals surface area (Å²) in [5.74, 6) is -1.62. The Kier molecular flexibility index (Phi) is 12.5. The van der Waals surface area contributed by atoms with Crippen LogP contribution in [0.25, 0.3) is 10.3 Å². The van der Waals surface area contributed by atoms with E-state index in [0.717, 1.165) is 17.4 Å². The van der Waals surface area contributed by atoms with Gasteiger partial charge in [-0.05, 0) is 36.7 Å². The van der Waals surface area contributed by atoms with E-state index in [0.29, 0.717) is 41.4 Å². The Morgan fingerprint density at radius 1 is 1.13 bits per heavy atom. The predicted molar refractivity (Wildman–Crippen MR) is 199 cm³/mol. The Morgan fingerprint density at radius 2 is 1.85 bits per heavy atom. The molecule has 3 heterocycles. The molecule has 0 aliphatic rings. The first-order valence-electron chi connectivity index (χ1n) is 16.6. The summed E-state index contributed by atoms with van der Waals surface area (Å²) in [6.45, 7) is 15.2. The third-order valence-corrected chi connectivity index (χ3v) is 14.1. The van der Waals surface area contributed by atoms with Crippen molar-refractivity contribution in [2.75, 3.05) is 25.1 Å². The van der Waals surface area contributed by atoms with Gasteiger partial charge in [0.25, 0.3) is 5.69 Å². The maximum Gasteiger partial charge on any atom is 0.317 e. The average Bonchev–Trinajstić information content (AvgIpc) is 3.62. The van der Waals surface area contributed by atoms with E-state index in [1.807, 2.05) is 6.92 Å². The van der Waals surface area contributed by atoms with Gasteiger partial charge in [0.1, 0.15) is 5.75 Å². The number of nitrogens with zero attached hydrogens (tertiary/aromatic N) is 5. The summed E-state index contributed by atoms with van der Waals surface area (Å²) >= 11 is 1.14. The van der Waals surface area contributed by atoms with Gasteiger partial charge in [-0.15, -0.1) is 0 Å². The van der Waals surface area contributed by atoms with Gasteiger partial charge >= 0.3 is 5.91 Å². The normalized spacial score (nSPS) is 12.5. The molecule has 18 heteroatoms. The number of nitro groups is 1. The second-order valence-corrected chi connectivity index (χ2v) is 19.2. The summed E-state index contributed by atoms with van der Waals surface area (Å²) in [6.07, 6.45) is 5.81. The summed E-state index contributed by atoms with van der Waals surface area (Å²) in [4.78, 5) is 61.7. The van der Waals surface area contributed by atoms with Crippen molar-refractivity contribution in [2.45, 2.75) is 72.1 Å². The third-order valence-electron chi connectivity index (χ3n) is 8.57. The van der Waals surface area contributed by atoms with Crippen LogP contribution < -0.4 is 26.3 Å². The number of thiazole rings is 1. The van der Waals surface area contributed by atoms with E-state index >= 15 is 0 Å². The molecule has 16 nitrogen and oxygen atoms in total. The minimum atomic E-state index is -1.97. The number of nitrogens with two attached hydrogens (primary N) is 2. The number of nitrogens with one attached hydrogen (secondary N) is 1. The van der Waals surface area contributed by atoms with Gasteiger partial charge in [0.2, 0.25) is 17.6 Å². The zero-order valence-electron chi connectivity index (χ0n) is 30.3. The highest BCUT2D eigenvalue weighted by atomic mass is 32.1. The molecule has 278 valence electrons. The molecule has 0 atom stereocenters. The number of hydrogen-bond acceptors (Lipinski definition) is 12. The molecule has 0 aliphatic carbocycles. The SMILES string of the molecule is CCc1nc(C)oc1C(=O)/N=c1\sc2cc(C(N)=O)cnc2n1C/C=C/CNc1c(OCCCO[Si](C)(C)C(C)(C)C)cc(C(N)=O)cc1[N+](=O)[O-]. The molecule has 4 aromatic rings. The Hall–Kier alpha value is -5.20. The molecule has 0 aliphatic heterocycles. The highest BCUT2D eigenvalue weighted by Crippen LogP contribution is 2.37. The van der Waals surface area contributed by atoms with Crippen LogP contribution >= 0.6 is 11.3 Å². The van der Waals surface area contributed by atoms with Gasteiger partial charge in [-0.25, -0.2) is 9.97 Å². The number of carbonyl (C=O) groups excluding carboxylic acids is 3. The van der Waals surface area contributed by atoms with Crippen molar-refractivity contribution in [1.29, 1.82) is 0 Å². The first-order valence-corrected chi connectivity index (χ1v) is 20.3. The number of pyridine rings is 1. The zero-order valence-corrected chi connectivity index (χ0v) is 32.1. The number of hydrogen-bond donors (Lipinski definition) is 3. The van der Waals surface area contributed by atoms with Crippen LogP contribution in [0, 0.1) is 17.0 Å². The monoisotopic (exact) mass is 752 g/mol. The van der Waals surface area contributed by atoms with Crippen LogP contribution in [0.1, 0.15) is 77.0 Å². The van der Waals surface area contributed by atoms with Crippen molar-refractivity contribution in [2.24, 2.45) is 16.5 Å². The van der Waals surface area contributed by atoms with Gasteiger partial charge in [-0.2, -0.15) is 4.99 Å². The summed E-state index contributed by atoms with van der Waals surface area (Å²) in [6, 6.07) is 4.05. The zero-order chi connectivity index (χ0) is 38.4. The van der Waals surface area contributed by atoms with Gasteiger partial charge in [0.05, 0.1) is 27.5 Å². The molecule has 0 saturated carbocycles. The molecule has 1 aromatic carbocycles. The van der Waals surface area contributed by atoms with Crippen molar-refractivity contribution in [1.82, 2.24) is 14.5 Å². The Balaban J connectivity index is 1.57. The average molecular weight is 753 g/mol. The third kappa shape index (κ3) is 9.36. The molecule has 52 heavy (non-hydrogen) atoms. The summed E-state index contributed by atoms with van der Waals surface area (Å²) < 4.78 is 19.9. The van der Waals surface area contributed by atoms with Gasteiger partial charge in [0.15, 0.2) is 30.3 Å². The molecule has 5 N–H and O–H groups in total. The molecule has 3 aromatic heterocycles. The largest absolute Gasteiger partial charge is 0.491 e. The van der Waals surface area contributed by atoms with Crippen LogP contribution in [-0.4, -0.2) is 65.3 Å². The first-order chi connectivity index (χ1) is 24.4. The van der Waals surface area contributed by atoms with Crippen LogP contribution in [0.2, 0.25) is 18.1 Å². The molecule has 0 fully saturated rings. The molecule has 4 rings (SSSR count). The summed E-state index contributed by atoms with van der Waals surface area (Å²) in [5.41, 5.74) is 11.7. The van der Waals surface area contributed by atoms with Gasteiger partial charge in [-0.1, -0.05) is 51.2 Å². The van der Waals surface area contributed by atoms with E-state index in [2.05, 4.69) is 54.1 Å². The lowest BCUT2D eigenvalue weighted by atomic mass is 10.1. The fraction of sp³-hybridized carbons (Fsp3) is 0.412. The lowest BCUT2D eigenvalue weighted by Gasteiger charge is -2.36. The van der Waals surface area contributed by atoms with E-state index < -0.39 is 31.0 Å². The summed E-state index contributed by atoms with van der Waals surface area (Å²) in [5, 5.41) is 15.1. The van der Waals surface area contributed by atoms with E-state index in [9.17, 15) is 24.5 Å². The predicted octanol–water partition coefficient (Wildman–Crippen LogP) is 5.26. The fourth-order valence-corrected chi connectivity index (χ4v) is 6.87. The van der Waals surface area contributed by atoms with Crippen LogP contribution in [-0.2, 0) is 17.4 Å². The number of aryl methyl sites for hydroxylation is 2. The summed E-state index contributed by atoms with van der Waals surface area (Å²) in [7, 11) is -1.97. The molecule has 3 amide bonds. The standard InChI is InChI=1S/C34H44N8O8SSi/c1-8-23-28(50-20(2)39-23)32(45)40-33-41(31-26(51-33)18-22(19-38-31)30(36)44)13-10-9-12-37-27-24(42(46)47)16-21(29(35)43)17-25(27)48-14-11-15-49-52(6,7)34(3,4)5/h9-10,16-19,37H,8,11-15H2,1-7H3,(H2,35,43)(H2,36,44)/b10-9+,40-33-. The molecule has 0 unspecified atom stereocenters. The highest BCUT2D eigenvalue weighted by Gasteiger charge is 2.36. The number of aromatic nitrogens is 3. The number of anilines is 1. The van der Waals surface area contributed by atoms with Crippen molar-refractivity contribution >= 4 is 59.1 Å². The lowest BCUT2D eigenvalue weighted by molar-refractivity contribution is -0.384. The molecule has 0 saturated heterocycles. The minimum absolute atomic E-state index is 0.0399. The number of carbonyl (C=O) groups is 3. The Labute approximate surface area is 305 Å². The molecular formula is C34H44N8O8SSi.